The number of hydrogen-bond acceptors (Lipinski definition) is 4. The van der Waals surface area contributed by atoms with Gasteiger partial charge in [-0.25, -0.2) is 0 Å². The fourth-order valence-corrected chi connectivity index (χ4v) is 2.84. The zero-order valence-electron chi connectivity index (χ0n) is 15.8. The van der Waals surface area contributed by atoms with Gasteiger partial charge in [-0.15, -0.1) is 6.58 Å². The molecule has 144 valence electrons. The van der Waals surface area contributed by atoms with E-state index in [1.54, 1.807) is 43.5 Å². The van der Waals surface area contributed by atoms with Crippen LogP contribution in [0.4, 0.5) is 5.69 Å². The van der Waals surface area contributed by atoms with Crippen LogP contribution in [0.5, 0.6) is 11.5 Å². The molecular formula is C22H21ClN2O3. The predicted molar refractivity (Wildman–Crippen MR) is 112 cm³/mol. The van der Waals surface area contributed by atoms with Crippen molar-refractivity contribution in [3.63, 3.8) is 0 Å². The van der Waals surface area contributed by atoms with E-state index in [9.17, 15) is 10.1 Å². The number of anilines is 1. The van der Waals surface area contributed by atoms with Crippen molar-refractivity contribution in [2.45, 2.75) is 13.3 Å². The summed E-state index contributed by atoms with van der Waals surface area (Å²) in [4.78, 5) is 12.5. The molecule has 0 heterocycles. The van der Waals surface area contributed by atoms with E-state index >= 15 is 0 Å². The molecule has 2 rings (SSSR count). The van der Waals surface area contributed by atoms with Gasteiger partial charge in [-0.05, 0) is 55.3 Å². The van der Waals surface area contributed by atoms with Crippen molar-refractivity contribution in [2.75, 3.05) is 19.0 Å². The van der Waals surface area contributed by atoms with Gasteiger partial charge >= 0.3 is 0 Å². The molecule has 28 heavy (non-hydrogen) atoms. The second-order valence-corrected chi connectivity index (χ2v) is 6.21. The highest BCUT2D eigenvalue weighted by Gasteiger charge is 2.14. The number of amides is 1. The number of benzene rings is 2. The predicted octanol–water partition coefficient (Wildman–Crippen LogP) is 5.02. The average Bonchev–Trinajstić information content (AvgIpc) is 2.66. The summed E-state index contributed by atoms with van der Waals surface area (Å²) in [6.45, 7) is 6.08. The highest BCUT2D eigenvalue weighted by molar-refractivity contribution is 6.31. The van der Waals surface area contributed by atoms with Crippen molar-refractivity contribution in [2.24, 2.45) is 0 Å². The molecule has 0 spiro atoms. The Morgan fingerprint density at radius 3 is 2.75 bits per heavy atom. The summed E-state index contributed by atoms with van der Waals surface area (Å²) in [5.41, 5.74) is 1.97. The normalized spacial score (nSPS) is 10.7. The first-order chi connectivity index (χ1) is 13.5. The minimum absolute atomic E-state index is 0.0443. The van der Waals surface area contributed by atoms with Gasteiger partial charge in [-0.2, -0.15) is 5.26 Å². The summed E-state index contributed by atoms with van der Waals surface area (Å²) in [5, 5.41) is 12.6. The summed E-state index contributed by atoms with van der Waals surface area (Å²) in [7, 11) is 1.57. The lowest BCUT2D eigenvalue weighted by atomic mass is 10.0. The lowest BCUT2D eigenvalue weighted by Crippen LogP contribution is -2.13. The van der Waals surface area contributed by atoms with Gasteiger partial charge in [0.05, 0.1) is 13.7 Å². The number of nitrogens with one attached hydrogen (secondary N) is 1. The topological polar surface area (TPSA) is 71.4 Å². The molecule has 5 nitrogen and oxygen atoms in total. The Labute approximate surface area is 169 Å². The molecule has 0 radical (unpaired) electrons. The second kappa shape index (κ2) is 10.2. The minimum atomic E-state index is -0.524. The van der Waals surface area contributed by atoms with E-state index in [2.05, 4.69) is 11.9 Å². The molecule has 0 aliphatic rings. The first-order valence-electron chi connectivity index (χ1n) is 8.65. The van der Waals surface area contributed by atoms with E-state index < -0.39 is 5.91 Å². The van der Waals surface area contributed by atoms with E-state index in [0.717, 1.165) is 5.56 Å². The molecule has 0 aliphatic carbocycles. The molecular weight excluding hydrogens is 376 g/mol. The van der Waals surface area contributed by atoms with E-state index in [0.29, 0.717) is 40.8 Å². The van der Waals surface area contributed by atoms with Crippen molar-refractivity contribution in [1.82, 2.24) is 0 Å². The minimum Gasteiger partial charge on any atom is -0.493 e. The average molecular weight is 397 g/mol. The summed E-state index contributed by atoms with van der Waals surface area (Å²) >= 11 is 5.93. The SMILES string of the molecule is C=CCc1cc(/C=C(\C#N)C(=O)Nc2cccc(Cl)c2)cc(OCC)c1OC. The summed E-state index contributed by atoms with van der Waals surface area (Å²) in [6, 6.07) is 12.2. The largest absolute Gasteiger partial charge is 0.493 e. The summed E-state index contributed by atoms with van der Waals surface area (Å²) in [5.74, 6) is 0.632. The van der Waals surface area contributed by atoms with Crippen LogP contribution in [0.15, 0.2) is 54.6 Å². The molecule has 2 aromatic carbocycles. The van der Waals surface area contributed by atoms with Crippen LogP contribution in [0.3, 0.4) is 0 Å². The molecule has 0 aliphatic heterocycles. The van der Waals surface area contributed by atoms with Crippen LogP contribution in [-0.4, -0.2) is 19.6 Å². The molecule has 1 amide bonds. The molecule has 0 aromatic heterocycles. The fourth-order valence-electron chi connectivity index (χ4n) is 2.65. The molecule has 1 N–H and O–H groups in total. The highest BCUT2D eigenvalue weighted by Crippen LogP contribution is 2.34. The summed E-state index contributed by atoms with van der Waals surface area (Å²) in [6.07, 6.45) is 3.81. The molecule has 0 unspecified atom stereocenters. The third kappa shape index (κ3) is 5.38. The van der Waals surface area contributed by atoms with Gasteiger partial charge in [-0.3, -0.25) is 4.79 Å². The number of allylic oxidation sites excluding steroid dienone is 1. The first kappa shape index (κ1) is 21.1. The number of nitrogens with zero attached hydrogens (tertiary/aromatic N) is 1. The summed E-state index contributed by atoms with van der Waals surface area (Å²) < 4.78 is 11.1. The van der Waals surface area contributed by atoms with Crippen molar-refractivity contribution in [3.8, 4) is 17.6 Å². The van der Waals surface area contributed by atoms with Gasteiger partial charge in [0.25, 0.3) is 5.91 Å². The number of halogens is 1. The zero-order valence-corrected chi connectivity index (χ0v) is 16.5. The van der Waals surface area contributed by atoms with Crippen LogP contribution in [0.1, 0.15) is 18.1 Å². The Morgan fingerprint density at radius 2 is 2.14 bits per heavy atom. The molecule has 0 saturated carbocycles. The Hall–Kier alpha value is -3.23. The number of ether oxygens (including phenoxy) is 2. The van der Waals surface area contributed by atoms with Gasteiger partial charge in [0.15, 0.2) is 11.5 Å². The Kier molecular flexibility index (Phi) is 7.67. The van der Waals surface area contributed by atoms with Gasteiger partial charge in [0.2, 0.25) is 0 Å². The third-order valence-electron chi connectivity index (χ3n) is 3.78. The molecule has 2 aromatic rings. The van der Waals surface area contributed by atoms with Crippen LogP contribution in [0.25, 0.3) is 6.08 Å². The Balaban J connectivity index is 2.40. The van der Waals surface area contributed by atoms with Gasteiger partial charge in [0.1, 0.15) is 11.6 Å². The van der Waals surface area contributed by atoms with E-state index in [4.69, 9.17) is 21.1 Å². The molecule has 0 bridgehead atoms. The number of carbonyl (C=O) groups is 1. The zero-order chi connectivity index (χ0) is 20.5. The monoisotopic (exact) mass is 396 g/mol. The van der Waals surface area contributed by atoms with Crippen molar-refractivity contribution >= 4 is 29.3 Å². The second-order valence-electron chi connectivity index (χ2n) is 5.77. The van der Waals surface area contributed by atoms with Crippen LogP contribution < -0.4 is 14.8 Å². The maximum atomic E-state index is 12.5. The van der Waals surface area contributed by atoms with Crippen LogP contribution in [0, 0.1) is 11.3 Å². The van der Waals surface area contributed by atoms with Crippen LogP contribution in [-0.2, 0) is 11.2 Å². The molecule has 0 atom stereocenters. The third-order valence-corrected chi connectivity index (χ3v) is 4.02. The number of rotatable bonds is 8. The van der Waals surface area contributed by atoms with Crippen molar-refractivity contribution < 1.29 is 14.3 Å². The van der Waals surface area contributed by atoms with Crippen LogP contribution >= 0.6 is 11.6 Å². The fraction of sp³-hybridized carbons (Fsp3) is 0.182. The highest BCUT2D eigenvalue weighted by atomic mass is 35.5. The maximum absolute atomic E-state index is 12.5. The quantitative estimate of drug-likeness (QED) is 0.386. The van der Waals surface area contributed by atoms with E-state index in [1.807, 2.05) is 19.1 Å². The number of hydrogen-bond donors (Lipinski definition) is 1. The molecule has 6 heteroatoms. The Morgan fingerprint density at radius 1 is 1.36 bits per heavy atom. The first-order valence-corrected chi connectivity index (χ1v) is 9.03. The molecule has 0 fully saturated rings. The van der Waals surface area contributed by atoms with E-state index in [1.165, 1.54) is 6.08 Å². The lowest BCUT2D eigenvalue weighted by Gasteiger charge is -2.14. The standard InChI is InChI=1S/C22H21ClN2O3/c1-4-7-16-10-15(12-20(28-5-2)21(16)27-3)11-17(14-24)22(26)25-19-9-6-8-18(23)13-19/h4,6,8-13H,1,5,7H2,2-3H3,(H,25,26)/b17-11+. The van der Waals surface area contributed by atoms with E-state index in [-0.39, 0.29) is 5.57 Å². The maximum Gasteiger partial charge on any atom is 0.266 e. The van der Waals surface area contributed by atoms with Gasteiger partial charge in [0, 0.05) is 16.3 Å². The lowest BCUT2D eigenvalue weighted by molar-refractivity contribution is -0.112. The smallest absolute Gasteiger partial charge is 0.266 e. The van der Waals surface area contributed by atoms with Crippen molar-refractivity contribution in [1.29, 1.82) is 5.26 Å². The van der Waals surface area contributed by atoms with Crippen molar-refractivity contribution in [3.05, 3.63) is 70.8 Å². The number of methoxy groups -OCH3 is 1. The number of carbonyl (C=O) groups excluding carboxylic acids is 1. The van der Waals surface area contributed by atoms with Crippen LogP contribution in [0.2, 0.25) is 5.02 Å². The van der Waals surface area contributed by atoms with Gasteiger partial charge < -0.3 is 14.8 Å². The molecule has 0 saturated heterocycles. The Bertz CT molecular complexity index is 945. The number of nitriles is 1. The van der Waals surface area contributed by atoms with Gasteiger partial charge in [-0.1, -0.05) is 23.7 Å².